The van der Waals surface area contributed by atoms with Crippen LogP contribution in [0.3, 0.4) is 0 Å². The van der Waals surface area contributed by atoms with Crippen molar-refractivity contribution in [2.45, 2.75) is 19.9 Å². The van der Waals surface area contributed by atoms with Gasteiger partial charge in [0.15, 0.2) is 0 Å². The highest BCUT2D eigenvalue weighted by Crippen LogP contribution is 2.26. The Morgan fingerprint density at radius 2 is 1.91 bits per heavy atom. The molecule has 0 spiro atoms. The highest BCUT2D eigenvalue weighted by molar-refractivity contribution is 5.97. The number of amides is 3. The summed E-state index contributed by atoms with van der Waals surface area (Å²) in [4.78, 5) is 25.7. The SMILES string of the molecule is CC(C)NC(=O)NCC(=O)Nc1ccccc1N1CCOCC1. The van der Waals surface area contributed by atoms with Crippen LogP contribution in [0.15, 0.2) is 24.3 Å². The number of carbonyl (C=O) groups is 2. The van der Waals surface area contributed by atoms with Crippen LogP contribution >= 0.6 is 0 Å². The monoisotopic (exact) mass is 320 g/mol. The van der Waals surface area contributed by atoms with E-state index in [1.807, 2.05) is 38.1 Å². The molecule has 3 N–H and O–H groups in total. The summed E-state index contributed by atoms with van der Waals surface area (Å²) in [6, 6.07) is 7.32. The number of anilines is 2. The molecular formula is C16H24N4O3. The van der Waals surface area contributed by atoms with Crippen molar-refractivity contribution in [3.8, 4) is 0 Å². The Balaban J connectivity index is 1.91. The number of carbonyl (C=O) groups excluding carboxylic acids is 2. The molecule has 126 valence electrons. The van der Waals surface area contributed by atoms with Gasteiger partial charge in [0.25, 0.3) is 0 Å². The second-order valence-corrected chi connectivity index (χ2v) is 5.65. The quantitative estimate of drug-likeness (QED) is 0.760. The van der Waals surface area contributed by atoms with Crippen LogP contribution in [-0.2, 0) is 9.53 Å². The summed E-state index contributed by atoms with van der Waals surface area (Å²) in [5.41, 5.74) is 1.71. The van der Waals surface area contributed by atoms with Gasteiger partial charge in [0.05, 0.1) is 31.1 Å². The molecule has 1 aromatic rings. The molecule has 0 radical (unpaired) electrons. The zero-order valence-electron chi connectivity index (χ0n) is 13.6. The van der Waals surface area contributed by atoms with Crippen molar-refractivity contribution >= 4 is 23.3 Å². The molecule has 1 saturated heterocycles. The fraction of sp³-hybridized carbons (Fsp3) is 0.500. The van der Waals surface area contributed by atoms with E-state index in [4.69, 9.17) is 4.74 Å². The zero-order valence-corrected chi connectivity index (χ0v) is 13.6. The normalized spacial score (nSPS) is 14.5. The van der Waals surface area contributed by atoms with Gasteiger partial charge in [-0.3, -0.25) is 4.79 Å². The molecule has 1 fully saturated rings. The van der Waals surface area contributed by atoms with Crippen molar-refractivity contribution in [2.75, 3.05) is 43.1 Å². The Morgan fingerprint density at radius 3 is 2.61 bits per heavy atom. The molecule has 3 amide bonds. The standard InChI is InChI=1S/C16H24N4O3/c1-12(2)18-16(22)17-11-15(21)19-13-5-3-4-6-14(13)20-7-9-23-10-8-20/h3-6,12H,7-11H2,1-2H3,(H,19,21)(H2,17,18,22). The summed E-state index contributed by atoms with van der Waals surface area (Å²) in [6.07, 6.45) is 0. The number of hydrogen-bond donors (Lipinski definition) is 3. The van der Waals surface area contributed by atoms with Gasteiger partial charge in [-0.1, -0.05) is 12.1 Å². The molecule has 23 heavy (non-hydrogen) atoms. The van der Waals surface area contributed by atoms with Gasteiger partial charge in [0.1, 0.15) is 0 Å². The second kappa shape index (κ2) is 8.38. The van der Waals surface area contributed by atoms with Crippen molar-refractivity contribution in [3.63, 3.8) is 0 Å². The van der Waals surface area contributed by atoms with Gasteiger partial charge in [0, 0.05) is 19.1 Å². The highest BCUT2D eigenvalue weighted by atomic mass is 16.5. The topological polar surface area (TPSA) is 82.7 Å². The van der Waals surface area contributed by atoms with Crippen LogP contribution < -0.4 is 20.9 Å². The number of urea groups is 1. The largest absolute Gasteiger partial charge is 0.378 e. The van der Waals surface area contributed by atoms with Crippen LogP contribution in [0.4, 0.5) is 16.2 Å². The lowest BCUT2D eigenvalue weighted by molar-refractivity contribution is -0.115. The summed E-state index contributed by atoms with van der Waals surface area (Å²) in [5.74, 6) is -0.260. The maximum Gasteiger partial charge on any atom is 0.315 e. The summed E-state index contributed by atoms with van der Waals surface area (Å²) in [7, 11) is 0. The summed E-state index contributed by atoms with van der Waals surface area (Å²) < 4.78 is 5.36. The van der Waals surface area contributed by atoms with E-state index in [1.54, 1.807) is 0 Å². The van der Waals surface area contributed by atoms with Crippen LogP contribution in [0.1, 0.15) is 13.8 Å². The number of nitrogens with one attached hydrogen (secondary N) is 3. The number of rotatable bonds is 5. The minimum absolute atomic E-state index is 0.0279. The van der Waals surface area contributed by atoms with Gasteiger partial charge >= 0.3 is 6.03 Å². The molecule has 1 aliphatic heterocycles. The van der Waals surface area contributed by atoms with Crippen molar-refractivity contribution in [2.24, 2.45) is 0 Å². The molecule has 0 atom stereocenters. The number of benzene rings is 1. The number of morpholine rings is 1. The van der Waals surface area contributed by atoms with E-state index in [9.17, 15) is 9.59 Å². The maximum absolute atomic E-state index is 12.0. The first-order valence-electron chi connectivity index (χ1n) is 7.82. The first-order valence-corrected chi connectivity index (χ1v) is 7.82. The third-order valence-electron chi connectivity index (χ3n) is 3.36. The van der Waals surface area contributed by atoms with Crippen molar-refractivity contribution in [3.05, 3.63) is 24.3 Å². The lowest BCUT2D eigenvalue weighted by Crippen LogP contribution is -2.43. The fourth-order valence-corrected chi connectivity index (χ4v) is 2.33. The van der Waals surface area contributed by atoms with Crippen LogP contribution in [0.2, 0.25) is 0 Å². The Hall–Kier alpha value is -2.28. The average Bonchev–Trinajstić information content (AvgIpc) is 2.54. The number of hydrogen-bond acceptors (Lipinski definition) is 4. The van der Waals surface area contributed by atoms with Crippen LogP contribution in [-0.4, -0.2) is 50.8 Å². The number of ether oxygens (including phenoxy) is 1. The van der Waals surface area contributed by atoms with E-state index in [-0.39, 0.29) is 24.5 Å². The van der Waals surface area contributed by atoms with E-state index >= 15 is 0 Å². The van der Waals surface area contributed by atoms with Gasteiger partial charge in [-0.15, -0.1) is 0 Å². The Bertz CT molecular complexity index is 542. The van der Waals surface area contributed by atoms with E-state index < -0.39 is 0 Å². The van der Waals surface area contributed by atoms with E-state index in [1.165, 1.54) is 0 Å². The van der Waals surface area contributed by atoms with Gasteiger partial charge in [-0.25, -0.2) is 4.79 Å². The molecule has 0 aromatic heterocycles. The van der Waals surface area contributed by atoms with Crippen LogP contribution in [0.5, 0.6) is 0 Å². The van der Waals surface area contributed by atoms with Crippen LogP contribution in [0, 0.1) is 0 Å². The van der Waals surface area contributed by atoms with E-state index in [0.29, 0.717) is 13.2 Å². The van der Waals surface area contributed by atoms with Gasteiger partial charge in [0.2, 0.25) is 5.91 Å². The molecule has 1 heterocycles. The van der Waals surface area contributed by atoms with Crippen LogP contribution in [0.25, 0.3) is 0 Å². The Kier molecular flexibility index (Phi) is 6.22. The molecule has 0 aliphatic carbocycles. The molecular weight excluding hydrogens is 296 g/mol. The smallest absolute Gasteiger partial charge is 0.315 e. The third-order valence-corrected chi connectivity index (χ3v) is 3.36. The predicted molar refractivity (Wildman–Crippen MR) is 89.8 cm³/mol. The van der Waals surface area contributed by atoms with Crippen molar-refractivity contribution < 1.29 is 14.3 Å². The average molecular weight is 320 g/mol. The molecule has 1 aliphatic rings. The molecule has 0 bridgehead atoms. The second-order valence-electron chi connectivity index (χ2n) is 5.65. The molecule has 1 aromatic carbocycles. The molecule has 7 heteroatoms. The van der Waals surface area contributed by atoms with E-state index in [0.717, 1.165) is 24.5 Å². The fourth-order valence-electron chi connectivity index (χ4n) is 2.33. The molecule has 2 rings (SSSR count). The summed E-state index contributed by atoms with van der Waals surface area (Å²) >= 11 is 0. The maximum atomic E-state index is 12.0. The zero-order chi connectivity index (χ0) is 16.7. The first-order chi connectivity index (χ1) is 11.1. The van der Waals surface area contributed by atoms with Gasteiger partial charge < -0.3 is 25.6 Å². The van der Waals surface area contributed by atoms with E-state index in [2.05, 4.69) is 20.9 Å². The summed E-state index contributed by atoms with van der Waals surface area (Å²) in [6.45, 7) is 6.59. The minimum Gasteiger partial charge on any atom is -0.378 e. The van der Waals surface area contributed by atoms with Crippen molar-refractivity contribution in [1.29, 1.82) is 0 Å². The summed E-state index contributed by atoms with van der Waals surface area (Å²) in [5, 5.41) is 8.06. The van der Waals surface area contributed by atoms with Gasteiger partial charge in [-0.05, 0) is 26.0 Å². The molecule has 7 nitrogen and oxygen atoms in total. The molecule has 0 unspecified atom stereocenters. The lowest BCUT2D eigenvalue weighted by atomic mass is 10.2. The molecule has 0 saturated carbocycles. The predicted octanol–water partition coefficient (Wildman–Crippen LogP) is 1.17. The van der Waals surface area contributed by atoms with Crippen molar-refractivity contribution in [1.82, 2.24) is 10.6 Å². The highest BCUT2D eigenvalue weighted by Gasteiger charge is 2.15. The van der Waals surface area contributed by atoms with Gasteiger partial charge in [-0.2, -0.15) is 0 Å². The number of para-hydroxylation sites is 2. The minimum atomic E-state index is -0.350. The number of nitrogens with zero attached hydrogens (tertiary/aromatic N) is 1. The Labute approximate surface area is 136 Å². The first kappa shape index (κ1) is 17.1. The Morgan fingerprint density at radius 1 is 1.22 bits per heavy atom. The lowest BCUT2D eigenvalue weighted by Gasteiger charge is -2.30. The third kappa shape index (κ3) is 5.45.